The summed E-state index contributed by atoms with van der Waals surface area (Å²) in [6, 6.07) is -1.31. The van der Waals surface area contributed by atoms with Gasteiger partial charge in [-0.25, -0.2) is 0 Å². The van der Waals surface area contributed by atoms with Crippen LogP contribution in [-0.4, -0.2) is 43.3 Å². The van der Waals surface area contributed by atoms with Gasteiger partial charge >= 0.3 is 6.18 Å². The minimum absolute atomic E-state index is 0.487. The van der Waals surface area contributed by atoms with Gasteiger partial charge in [0.05, 0.1) is 0 Å². The summed E-state index contributed by atoms with van der Waals surface area (Å²) in [4.78, 5) is 1.49. The van der Waals surface area contributed by atoms with E-state index in [1.54, 1.807) is 0 Å². The quantitative estimate of drug-likeness (QED) is 0.678. The Hall–Kier alpha value is -0.290. The lowest BCUT2D eigenvalue weighted by atomic mass is 10.2. The maximum absolute atomic E-state index is 12.3. The summed E-state index contributed by atoms with van der Waals surface area (Å²) in [6.07, 6.45) is -3.30. The van der Waals surface area contributed by atoms with E-state index < -0.39 is 12.2 Å². The normalized spacial score (nSPS) is 24.0. The molecule has 13 heavy (non-hydrogen) atoms. The SMILES string of the molecule is CC(N1CCCNCC1)C(F)(F)F. The molecular weight excluding hydrogens is 181 g/mol. The van der Waals surface area contributed by atoms with Crippen LogP contribution in [-0.2, 0) is 0 Å². The minimum Gasteiger partial charge on any atom is -0.315 e. The van der Waals surface area contributed by atoms with Crippen molar-refractivity contribution < 1.29 is 13.2 Å². The number of nitrogens with one attached hydrogen (secondary N) is 1. The first-order valence-electron chi connectivity index (χ1n) is 4.53. The fourth-order valence-electron chi connectivity index (χ4n) is 1.46. The molecule has 0 spiro atoms. The summed E-state index contributed by atoms with van der Waals surface area (Å²) in [6.45, 7) is 3.72. The summed E-state index contributed by atoms with van der Waals surface area (Å²) in [5, 5.41) is 3.07. The molecule has 1 N–H and O–H groups in total. The van der Waals surface area contributed by atoms with Crippen molar-refractivity contribution in [1.82, 2.24) is 10.2 Å². The summed E-state index contributed by atoms with van der Waals surface area (Å²) < 4.78 is 36.9. The van der Waals surface area contributed by atoms with E-state index in [-0.39, 0.29) is 0 Å². The van der Waals surface area contributed by atoms with E-state index in [4.69, 9.17) is 0 Å². The highest BCUT2D eigenvalue weighted by atomic mass is 19.4. The molecule has 1 aliphatic rings. The standard InChI is InChI=1S/C8H15F3N2/c1-7(8(9,10)11)13-5-2-3-12-4-6-13/h7,12H,2-6H2,1H3. The van der Waals surface area contributed by atoms with Crippen molar-refractivity contribution in [2.75, 3.05) is 26.2 Å². The van der Waals surface area contributed by atoms with Gasteiger partial charge in [0.2, 0.25) is 0 Å². The third kappa shape index (κ3) is 3.15. The molecule has 0 radical (unpaired) electrons. The van der Waals surface area contributed by atoms with E-state index in [0.29, 0.717) is 19.6 Å². The number of halogens is 3. The molecule has 1 heterocycles. The molecule has 5 heteroatoms. The van der Waals surface area contributed by atoms with Crippen LogP contribution in [0.15, 0.2) is 0 Å². The molecule has 2 nitrogen and oxygen atoms in total. The summed E-state index contributed by atoms with van der Waals surface area (Å²) in [5.41, 5.74) is 0. The predicted molar refractivity (Wildman–Crippen MR) is 44.6 cm³/mol. The average molecular weight is 196 g/mol. The van der Waals surface area contributed by atoms with Crippen molar-refractivity contribution in [2.45, 2.75) is 25.6 Å². The Kier molecular flexibility index (Phi) is 3.55. The van der Waals surface area contributed by atoms with Gasteiger partial charge < -0.3 is 5.32 Å². The molecule has 1 fully saturated rings. The van der Waals surface area contributed by atoms with Crippen molar-refractivity contribution in [3.63, 3.8) is 0 Å². The number of nitrogens with zero attached hydrogens (tertiary/aromatic N) is 1. The monoisotopic (exact) mass is 196 g/mol. The molecule has 78 valence electrons. The summed E-state index contributed by atoms with van der Waals surface area (Å²) in [7, 11) is 0. The van der Waals surface area contributed by atoms with Crippen LogP contribution < -0.4 is 5.32 Å². The van der Waals surface area contributed by atoms with Crippen LogP contribution in [0, 0.1) is 0 Å². The van der Waals surface area contributed by atoms with Gasteiger partial charge in [-0.15, -0.1) is 0 Å². The van der Waals surface area contributed by atoms with Crippen molar-refractivity contribution >= 4 is 0 Å². The first kappa shape index (κ1) is 10.8. The van der Waals surface area contributed by atoms with Gasteiger partial charge in [0.1, 0.15) is 6.04 Å². The second kappa shape index (κ2) is 4.28. The molecule has 0 aliphatic carbocycles. The molecule has 0 bridgehead atoms. The zero-order valence-electron chi connectivity index (χ0n) is 7.69. The Bertz CT molecular complexity index is 150. The molecule has 0 aromatic heterocycles. The van der Waals surface area contributed by atoms with Crippen LogP contribution >= 0.6 is 0 Å². The maximum atomic E-state index is 12.3. The van der Waals surface area contributed by atoms with Crippen molar-refractivity contribution in [1.29, 1.82) is 0 Å². The summed E-state index contributed by atoms with van der Waals surface area (Å²) in [5.74, 6) is 0. The van der Waals surface area contributed by atoms with E-state index in [2.05, 4.69) is 5.32 Å². The fourth-order valence-corrected chi connectivity index (χ4v) is 1.46. The highest BCUT2D eigenvalue weighted by Gasteiger charge is 2.39. The van der Waals surface area contributed by atoms with Crippen LogP contribution in [0.4, 0.5) is 13.2 Å². The van der Waals surface area contributed by atoms with Crippen molar-refractivity contribution in [3.05, 3.63) is 0 Å². The van der Waals surface area contributed by atoms with Gasteiger partial charge in [-0.1, -0.05) is 0 Å². The van der Waals surface area contributed by atoms with Crippen LogP contribution in [0.25, 0.3) is 0 Å². The van der Waals surface area contributed by atoms with E-state index in [9.17, 15) is 13.2 Å². The number of hydrogen-bond acceptors (Lipinski definition) is 2. The molecular formula is C8H15F3N2. The van der Waals surface area contributed by atoms with Gasteiger partial charge in [0.15, 0.2) is 0 Å². The fraction of sp³-hybridized carbons (Fsp3) is 1.00. The number of hydrogen-bond donors (Lipinski definition) is 1. The second-order valence-electron chi connectivity index (χ2n) is 3.36. The van der Waals surface area contributed by atoms with Crippen LogP contribution in [0.5, 0.6) is 0 Å². The summed E-state index contributed by atoms with van der Waals surface area (Å²) >= 11 is 0. The van der Waals surface area contributed by atoms with Gasteiger partial charge in [0.25, 0.3) is 0 Å². The van der Waals surface area contributed by atoms with E-state index in [1.165, 1.54) is 11.8 Å². The molecule has 1 saturated heterocycles. The average Bonchev–Trinajstić information content (AvgIpc) is 2.28. The predicted octanol–water partition coefficient (Wildman–Crippen LogP) is 1.23. The van der Waals surface area contributed by atoms with Crippen LogP contribution in [0.1, 0.15) is 13.3 Å². The van der Waals surface area contributed by atoms with E-state index >= 15 is 0 Å². The number of rotatable bonds is 1. The lowest BCUT2D eigenvalue weighted by molar-refractivity contribution is -0.178. The van der Waals surface area contributed by atoms with Crippen LogP contribution in [0.3, 0.4) is 0 Å². The van der Waals surface area contributed by atoms with Gasteiger partial charge in [-0.2, -0.15) is 13.2 Å². The molecule has 1 atom stereocenters. The Labute approximate surface area is 76.1 Å². The molecule has 1 aliphatic heterocycles. The largest absolute Gasteiger partial charge is 0.403 e. The van der Waals surface area contributed by atoms with Gasteiger partial charge in [-0.3, -0.25) is 4.90 Å². The smallest absolute Gasteiger partial charge is 0.315 e. The first-order valence-corrected chi connectivity index (χ1v) is 4.53. The van der Waals surface area contributed by atoms with E-state index in [0.717, 1.165) is 13.0 Å². The Balaban J connectivity index is 2.48. The zero-order valence-corrected chi connectivity index (χ0v) is 7.69. The number of alkyl halides is 3. The molecule has 0 amide bonds. The highest BCUT2D eigenvalue weighted by Crippen LogP contribution is 2.24. The van der Waals surface area contributed by atoms with Gasteiger partial charge in [0, 0.05) is 19.6 Å². The third-order valence-corrected chi connectivity index (χ3v) is 2.40. The zero-order chi connectivity index (χ0) is 9.90. The lowest BCUT2D eigenvalue weighted by Crippen LogP contribution is -2.45. The molecule has 0 aromatic rings. The molecule has 0 aromatic carbocycles. The molecule has 0 saturated carbocycles. The Morgan fingerprint density at radius 2 is 1.92 bits per heavy atom. The Morgan fingerprint density at radius 1 is 1.23 bits per heavy atom. The first-order chi connectivity index (χ1) is 6.02. The minimum atomic E-state index is -4.09. The maximum Gasteiger partial charge on any atom is 0.403 e. The van der Waals surface area contributed by atoms with Crippen molar-refractivity contribution in [3.8, 4) is 0 Å². The van der Waals surface area contributed by atoms with E-state index in [1.807, 2.05) is 0 Å². The second-order valence-corrected chi connectivity index (χ2v) is 3.36. The van der Waals surface area contributed by atoms with Gasteiger partial charge in [-0.05, 0) is 19.9 Å². The third-order valence-electron chi connectivity index (χ3n) is 2.40. The molecule has 1 rings (SSSR count). The Morgan fingerprint density at radius 3 is 2.54 bits per heavy atom. The van der Waals surface area contributed by atoms with Crippen LogP contribution in [0.2, 0.25) is 0 Å². The highest BCUT2D eigenvalue weighted by molar-refractivity contribution is 4.76. The van der Waals surface area contributed by atoms with Crippen molar-refractivity contribution in [2.24, 2.45) is 0 Å². The lowest BCUT2D eigenvalue weighted by Gasteiger charge is -2.28. The molecule has 1 unspecified atom stereocenters. The topological polar surface area (TPSA) is 15.3 Å².